The summed E-state index contributed by atoms with van der Waals surface area (Å²) in [5, 5.41) is 8.52. The molecule has 0 aliphatic rings. The molecular formula is C48H48F9N3O6. The molecule has 0 fully saturated rings. The van der Waals surface area contributed by atoms with Crippen molar-refractivity contribution in [2.24, 2.45) is 0 Å². The minimum absolute atomic E-state index is 0.0515. The fraction of sp³-hybridized carbons (Fsp3) is 0.375. The number of rotatable bonds is 21. The molecule has 3 N–H and O–H groups in total. The fourth-order valence-corrected chi connectivity index (χ4v) is 7.32. The highest BCUT2D eigenvalue weighted by Gasteiger charge is 2.41. The molecule has 0 bridgehead atoms. The SMILES string of the molecule is CCCCc1c(CNC(=O)c2ccc(C(=O)C(F)(F)F)cc2)c(CCCC)c(CNC(=O)c2ccc(C(=O)C(F)(F)F)cc2)c(CCCC)c1CNC(=O)c1ccc(C(=O)C(F)(F)F)cc1. The Balaban J connectivity index is 1.85. The van der Waals surface area contributed by atoms with Gasteiger partial charge >= 0.3 is 18.5 Å². The van der Waals surface area contributed by atoms with E-state index in [-0.39, 0.29) is 36.3 Å². The summed E-state index contributed by atoms with van der Waals surface area (Å²) >= 11 is 0. The number of unbranched alkanes of at least 4 members (excludes halogenated alkanes) is 3. The van der Waals surface area contributed by atoms with Gasteiger partial charge in [-0.2, -0.15) is 39.5 Å². The van der Waals surface area contributed by atoms with E-state index in [0.717, 1.165) is 89.5 Å². The van der Waals surface area contributed by atoms with E-state index >= 15 is 0 Å². The van der Waals surface area contributed by atoms with Crippen LogP contribution in [0.3, 0.4) is 0 Å². The van der Waals surface area contributed by atoms with E-state index in [2.05, 4.69) is 16.0 Å². The van der Waals surface area contributed by atoms with Crippen molar-refractivity contribution in [3.8, 4) is 0 Å². The molecule has 3 amide bonds. The summed E-state index contributed by atoms with van der Waals surface area (Å²) in [6.07, 6.45) is -10.1. The lowest BCUT2D eigenvalue weighted by Crippen LogP contribution is -2.30. The van der Waals surface area contributed by atoms with E-state index in [1.54, 1.807) is 0 Å². The van der Waals surface area contributed by atoms with Gasteiger partial charge in [-0.1, -0.05) is 76.4 Å². The summed E-state index contributed by atoms with van der Waals surface area (Å²) in [7, 11) is 0. The molecule has 354 valence electrons. The molecule has 4 aromatic rings. The second-order valence-corrected chi connectivity index (χ2v) is 15.4. The van der Waals surface area contributed by atoms with E-state index in [0.29, 0.717) is 74.5 Å². The molecule has 4 rings (SSSR count). The molecule has 9 nitrogen and oxygen atoms in total. The van der Waals surface area contributed by atoms with Crippen molar-refractivity contribution in [3.05, 3.63) is 140 Å². The number of amides is 3. The molecule has 0 unspecified atom stereocenters. The maximum atomic E-state index is 13.6. The lowest BCUT2D eigenvalue weighted by Gasteiger charge is -2.28. The van der Waals surface area contributed by atoms with Crippen molar-refractivity contribution in [1.82, 2.24) is 16.0 Å². The second kappa shape index (κ2) is 22.7. The van der Waals surface area contributed by atoms with E-state index in [1.165, 1.54) is 0 Å². The number of alkyl halides is 9. The van der Waals surface area contributed by atoms with Gasteiger partial charge < -0.3 is 16.0 Å². The van der Waals surface area contributed by atoms with Crippen molar-refractivity contribution in [2.45, 2.75) is 117 Å². The zero-order valence-corrected chi connectivity index (χ0v) is 36.3. The highest BCUT2D eigenvalue weighted by Crippen LogP contribution is 2.34. The number of halogens is 9. The standard InChI is InChI=1S/C48H48F9N3O6/c1-4-7-10-34-37(25-58-43(64)31-19-13-28(14-20-31)40(61)46(49,50)51)35(11-8-5-2)39(27-60-45(66)33-23-17-30(18-24-33)42(63)48(55,56)57)36(12-9-6-3)38(34)26-59-44(65)32-21-15-29(16-22-32)41(62)47(52,53)54/h13-24H,4-12,25-27H2,1-3H3,(H,58,64)(H,59,65)(H,60,66). The van der Waals surface area contributed by atoms with Gasteiger partial charge in [0.05, 0.1) is 0 Å². The normalized spacial score (nSPS) is 11.8. The van der Waals surface area contributed by atoms with E-state index in [4.69, 9.17) is 0 Å². The Labute approximate surface area is 374 Å². The second-order valence-electron chi connectivity index (χ2n) is 15.4. The van der Waals surface area contributed by atoms with Crippen molar-refractivity contribution >= 4 is 35.1 Å². The van der Waals surface area contributed by atoms with Crippen LogP contribution in [0.2, 0.25) is 0 Å². The van der Waals surface area contributed by atoms with Crippen LogP contribution in [0.15, 0.2) is 72.8 Å². The van der Waals surface area contributed by atoms with Crippen molar-refractivity contribution in [2.75, 3.05) is 0 Å². The molecule has 0 saturated heterocycles. The molecule has 0 heterocycles. The van der Waals surface area contributed by atoms with Crippen LogP contribution in [0.4, 0.5) is 39.5 Å². The van der Waals surface area contributed by atoms with Crippen LogP contribution in [0.5, 0.6) is 0 Å². The van der Waals surface area contributed by atoms with E-state index < -0.39 is 70.3 Å². The molecule has 0 saturated carbocycles. The molecule has 0 aliphatic heterocycles. The monoisotopic (exact) mass is 933 g/mol. The van der Waals surface area contributed by atoms with Crippen LogP contribution in [0.25, 0.3) is 0 Å². The van der Waals surface area contributed by atoms with Gasteiger partial charge in [-0.3, -0.25) is 28.8 Å². The van der Waals surface area contributed by atoms with Crippen LogP contribution in [-0.4, -0.2) is 53.6 Å². The third-order valence-electron chi connectivity index (χ3n) is 10.8. The smallest absolute Gasteiger partial charge is 0.348 e. The largest absolute Gasteiger partial charge is 0.454 e. The fourth-order valence-electron chi connectivity index (χ4n) is 7.32. The summed E-state index contributed by atoms with van der Waals surface area (Å²) in [4.78, 5) is 76.2. The summed E-state index contributed by atoms with van der Waals surface area (Å²) in [5.74, 6) is -8.32. The van der Waals surface area contributed by atoms with Crippen LogP contribution >= 0.6 is 0 Å². The molecule has 0 aliphatic carbocycles. The Morgan fingerprint density at radius 3 is 0.727 bits per heavy atom. The Hall–Kier alpha value is -6.33. The van der Waals surface area contributed by atoms with Crippen molar-refractivity contribution < 1.29 is 68.3 Å². The maximum absolute atomic E-state index is 13.6. The van der Waals surface area contributed by atoms with Gasteiger partial charge in [0.25, 0.3) is 35.1 Å². The van der Waals surface area contributed by atoms with Crippen LogP contribution in [0.1, 0.15) is 155 Å². The number of carbonyl (C=O) groups excluding carboxylic acids is 6. The Morgan fingerprint density at radius 2 is 0.545 bits per heavy atom. The van der Waals surface area contributed by atoms with Crippen LogP contribution < -0.4 is 16.0 Å². The Kier molecular flexibility index (Phi) is 18.0. The molecule has 66 heavy (non-hydrogen) atoms. The third-order valence-corrected chi connectivity index (χ3v) is 10.8. The van der Waals surface area contributed by atoms with Crippen LogP contribution in [-0.2, 0) is 38.9 Å². The van der Waals surface area contributed by atoms with Crippen molar-refractivity contribution in [3.63, 3.8) is 0 Å². The summed E-state index contributed by atoms with van der Waals surface area (Å²) < 4.78 is 118. The van der Waals surface area contributed by atoms with Gasteiger partial charge in [-0.15, -0.1) is 0 Å². The number of nitrogens with one attached hydrogen (secondary N) is 3. The number of hydrogen-bond donors (Lipinski definition) is 3. The number of ketones is 3. The predicted molar refractivity (Wildman–Crippen MR) is 226 cm³/mol. The van der Waals surface area contributed by atoms with Gasteiger partial charge in [-0.05, 0) is 108 Å². The van der Waals surface area contributed by atoms with Gasteiger partial charge in [0.2, 0.25) is 0 Å². The molecular weight excluding hydrogens is 886 g/mol. The predicted octanol–water partition coefficient (Wildman–Crippen LogP) is 10.7. The first-order valence-corrected chi connectivity index (χ1v) is 21.2. The van der Waals surface area contributed by atoms with Gasteiger partial charge in [0.15, 0.2) is 0 Å². The van der Waals surface area contributed by atoms with Gasteiger partial charge in [0, 0.05) is 53.0 Å². The molecule has 0 radical (unpaired) electrons. The molecule has 0 atom stereocenters. The number of Topliss-reactive ketones (excluding diaryl/α,β-unsaturated/α-hetero) is 3. The summed E-state index contributed by atoms with van der Waals surface area (Å²) in [6, 6.07) is 11.8. The average molecular weight is 934 g/mol. The number of hydrogen-bond acceptors (Lipinski definition) is 6. The maximum Gasteiger partial charge on any atom is 0.454 e. The first kappa shape index (κ1) is 52.3. The highest BCUT2D eigenvalue weighted by atomic mass is 19.4. The molecule has 18 heteroatoms. The average Bonchev–Trinajstić information content (AvgIpc) is 3.28. The van der Waals surface area contributed by atoms with E-state index in [1.807, 2.05) is 20.8 Å². The molecule has 0 aromatic heterocycles. The topological polar surface area (TPSA) is 139 Å². The van der Waals surface area contributed by atoms with Gasteiger partial charge in [-0.25, -0.2) is 0 Å². The molecule has 4 aromatic carbocycles. The summed E-state index contributed by atoms with van der Waals surface area (Å²) in [5.41, 5.74) is 2.01. The molecule has 0 spiro atoms. The Morgan fingerprint density at radius 1 is 0.348 bits per heavy atom. The number of carbonyl (C=O) groups is 6. The number of benzene rings is 4. The minimum Gasteiger partial charge on any atom is -0.348 e. The van der Waals surface area contributed by atoms with E-state index in [9.17, 15) is 68.3 Å². The Bertz CT molecular complexity index is 2100. The zero-order chi connectivity index (χ0) is 49.0. The minimum atomic E-state index is -5.13. The van der Waals surface area contributed by atoms with Crippen LogP contribution in [0, 0.1) is 0 Å². The summed E-state index contributed by atoms with van der Waals surface area (Å²) in [6.45, 7) is 5.44. The quantitative estimate of drug-likeness (QED) is 0.0562. The first-order chi connectivity index (χ1) is 31.0. The zero-order valence-electron chi connectivity index (χ0n) is 36.3. The highest BCUT2D eigenvalue weighted by molar-refractivity contribution is 6.03. The first-order valence-electron chi connectivity index (χ1n) is 21.2. The lowest BCUT2D eigenvalue weighted by atomic mass is 9.81. The lowest BCUT2D eigenvalue weighted by molar-refractivity contribution is -0.0888. The van der Waals surface area contributed by atoms with Crippen molar-refractivity contribution in [1.29, 1.82) is 0 Å². The van der Waals surface area contributed by atoms with Gasteiger partial charge in [0.1, 0.15) is 0 Å². The third kappa shape index (κ3) is 13.6.